The van der Waals surface area contributed by atoms with Crippen molar-refractivity contribution in [3.05, 3.63) is 83.5 Å². The highest BCUT2D eigenvalue weighted by molar-refractivity contribution is 5.32. The van der Waals surface area contributed by atoms with E-state index in [4.69, 9.17) is 0 Å². The minimum Gasteiger partial charge on any atom is -0.0991 e. The van der Waals surface area contributed by atoms with Crippen molar-refractivity contribution in [3.8, 4) is 0 Å². The zero-order valence-corrected chi connectivity index (χ0v) is 21.8. The summed E-state index contributed by atoms with van der Waals surface area (Å²) >= 11 is 0. The third kappa shape index (κ3) is 10.8. The molecule has 0 amide bonds. The molecule has 168 valence electrons. The first-order valence-electron chi connectivity index (χ1n) is 11.5. The van der Waals surface area contributed by atoms with Gasteiger partial charge in [0.15, 0.2) is 0 Å². The minimum atomic E-state index is 0.284. The molecule has 0 nitrogen and oxygen atoms in total. The van der Waals surface area contributed by atoms with E-state index < -0.39 is 0 Å². The molecule has 0 fully saturated rings. The van der Waals surface area contributed by atoms with Crippen LogP contribution in [0.3, 0.4) is 0 Å². The third-order valence-electron chi connectivity index (χ3n) is 5.37. The van der Waals surface area contributed by atoms with Gasteiger partial charge < -0.3 is 0 Å². The van der Waals surface area contributed by atoms with Crippen LogP contribution in [-0.2, 0) is 11.8 Å². The van der Waals surface area contributed by atoms with Gasteiger partial charge in [0.25, 0.3) is 0 Å². The van der Waals surface area contributed by atoms with E-state index >= 15 is 0 Å². The van der Waals surface area contributed by atoms with Crippen molar-refractivity contribution < 1.29 is 0 Å². The van der Waals surface area contributed by atoms with E-state index in [0.29, 0.717) is 17.3 Å². The van der Waals surface area contributed by atoms with E-state index in [-0.39, 0.29) is 5.41 Å². The monoisotopic (exact) mass is 408 g/mol. The number of benzene rings is 1. The number of hydrogen-bond donors (Lipinski definition) is 0. The molecule has 0 heteroatoms. The van der Waals surface area contributed by atoms with Gasteiger partial charge >= 0.3 is 0 Å². The summed E-state index contributed by atoms with van der Waals surface area (Å²) in [6.07, 6.45) is 11.9. The Morgan fingerprint density at radius 2 is 1.50 bits per heavy atom. The topological polar surface area (TPSA) is 0 Å². The lowest BCUT2D eigenvalue weighted by Gasteiger charge is -2.27. The van der Waals surface area contributed by atoms with E-state index in [1.165, 1.54) is 22.3 Å². The average molecular weight is 409 g/mol. The van der Waals surface area contributed by atoms with E-state index in [0.717, 1.165) is 6.42 Å². The first kappa shape index (κ1) is 28.2. The lowest BCUT2D eigenvalue weighted by molar-refractivity contribution is 0.479. The molecule has 30 heavy (non-hydrogen) atoms. The molecule has 1 aliphatic carbocycles. The van der Waals surface area contributed by atoms with Gasteiger partial charge in [-0.1, -0.05) is 129 Å². The van der Waals surface area contributed by atoms with E-state index in [1.54, 1.807) is 6.08 Å². The zero-order valence-electron chi connectivity index (χ0n) is 21.8. The molecule has 0 bridgehead atoms. The summed E-state index contributed by atoms with van der Waals surface area (Å²) in [6, 6.07) is 8.70. The Balaban J connectivity index is 0.000000447. The van der Waals surface area contributed by atoms with Gasteiger partial charge in [-0.05, 0) is 59.6 Å². The molecule has 0 heterocycles. The Morgan fingerprint density at radius 3 is 1.83 bits per heavy atom. The fourth-order valence-corrected chi connectivity index (χ4v) is 3.22. The van der Waals surface area contributed by atoms with Gasteiger partial charge in [-0.15, -0.1) is 0 Å². The Hall–Kier alpha value is -1.82. The fraction of sp³-hybridized carbons (Fsp3) is 0.533. The largest absolute Gasteiger partial charge is 0.0991 e. The third-order valence-corrected chi connectivity index (χ3v) is 5.37. The molecule has 0 spiro atoms. The highest BCUT2D eigenvalue weighted by Crippen LogP contribution is 2.32. The van der Waals surface area contributed by atoms with E-state index in [9.17, 15) is 0 Å². The lowest BCUT2D eigenvalue weighted by Crippen LogP contribution is -2.15. The summed E-state index contributed by atoms with van der Waals surface area (Å²) in [5.74, 6) is 1.40. The van der Waals surface area contributed by atoms with Gasteiger partial charge in [-0.25, -0.2) is 0 Å². The smallest absolute Gasteiger partial charge is 0.0129 e. The highest BCUT2D eigenvalue weighted by atomic mass is 14.2. The van der Waals surface area contributed by atoms with Crippen LogP contribution >= 0.6 is 0 Å². The molecule has 1 aromatic carbocycles. The lowest BCUT2D eigenvalue weighted by atomic mass is 9.78. The molecule has 0 aromatic heterocycles. The fourth-order valence-electron chi connectivity index (χ4n) is 3.22. The van der Waals surface area contributed by atoms with E-state index in [1.807, 2.05) is 19.9 Å². The van der Waals surface area contributed by atoms with Gasteiger partial charge in [0.1, 0.15) is 0 Å². The predicted molar refractivity (Wildman–Crippen MR) is 139 cm³/mol. The first-order chi connectivity index (χ1) is 13.7. The molecule has 2 atom stereocenters. The normalized spacial score (nSPS) is 18.2. The van der Waals surface area contributed by atoms with Crippen LogP contribution in [0.25, 0.3) is 0 Å². The van der Waals surface area contributed by atoms with Crippen LogP contribution in [-0.4, -0.2) is 0 Å². The summed E-state index contributed by atoms with van der Waals surface area (Å²) in [7, 11) is 0. The average Bonchev–Trinajstić information content (AvgIpc) is 2.63. The summed E-state index contributed by atoms with van der Waals surface area (Å²) < 4.78 is 0. The van der Waals surface area contributed by atoms with Crippen molar-refractivity contribution >= 4 is 0 Å². The second-order valence-corrected chi connectivity index (χ2v) is 10.7. The zero-order chi connectivity index (χ0) is 23.5. The van der Waals surface area contributed by atoms with Crippen molar-refractivity contribution in [1.29, 1.82) is 0 Å². The minimum absolute atomic E-state index is 0.284. The maximum absolute atomic E-state index is 3.52. The van der Waals surface area contributed by atoms with Crippen molar-refractivity contribution in [3.63, 3.8) is 0 Å². The Kier molecular flexibility index (Phi) is 12.0. The second-order valence-electron chi connectivity index (χ2n) is 10.7. The molecule has 2 unspecified atom stereocenters. The maximum atomic E-state index is 3.52. The molecule has 0 aliphatic heterocycles. The van der Waals surface area contributed by atoms with Crippen LogP contribution in [0.4, 0.5) is 0 Å². The molecule has 1 aromatic rings. The number of allylic oxidation sites excluding steroid dienone is 7. The van der Waals surface area contributed by atoms with Crippen LogP contribution < -0.4 is 0 Å². The second kappa shape index (κ2) is 12.8. The van der Waals surface area contributed by atoms with Gasteiger partial charge in [-0.2, -0.15) is 0 Å². The van der Waals surface area contributed by atoms with Crippen molar-refractivity contribution in [2.24, 2.45) is 17.3 Å². The first-order valence-corrected chi connectivity index (χ1v) is 11.5. The van der Waals surface area contributed by atoms with Gasteiger partial charge in [0, 0.05) is 0 Å². The summed E-state index contributed by atoms with van der Waals surface area (Å²) in [5, 5.41) is 0. The molecule has 0 N–H and O–H groups in total. The van der Waals surface area contributed by atoms with Crippen molar-refractivity contribution in [2.75, 3.05) is 0 Å². The SMILES string of the molecule is C=CC=C(C)C.CC1C=CC(C(C)(C)C)=CC1C.CCc1ccccc1C(C)(C)C. The van der Waals surface area contributed by atoms with Crippen LogP contribution in [0, 0.1) is 17.3 Å². The Labute approximate surface area is 188 Å². The van der Waals surface area contributed by atoms with Crippen molar-refractivity contribution in [1.82, 2.24) is 0 Å². The Bertz CT molecular complexity index is 722. The molecule has 0 saturated carbocycles. The molecular formula is C30H48. The summed E-state index contributed by atoms with van der Waals surface area (Å²) in [4.78, 5) is 0. The Morgan fingerprint density at radius 1 is 0.933 bits per heavy atom. The molecule has 1 aliphatic rings. The summed E-state index contributed by atoms with van der Waals surface area (Å²) in [6.45, 7) is 28.0. The van der Waals surface area contributed by atoms with Crippen LogP contribution in [0.1, 0.15) is 87.3 Å². The number of rotatable bonds is 2. The molecular weight excluding hydrogens is 360 g/mol. The van der Waals surface area contributed by atoms with Crippen LogP contribution in [0.2, 0.25) is 0 Å². The maximum Gasteiger partial charge on any atom is -0.0129 e. The molecule has 2 rings (SSSR count). The predicted octanol–water partition coefficient (Wildman–Crippen LogP) is 9.49. The van der Waals surface area contributed by atoms with Crippen molar-refractivity contribution in [2.45, 2.75) is 88.0 Å². The molecule has 0 radical (unpaired) electrons. The quantitative estimate of drug-likeness (QED) is 0.427. The standard InChI is InChI=1S/C12H20.C12H18.C6H10/c1-9-6-7-11(8-10(9)2)12(3,4)5;1-5-10-8-6-7-9-11(10)12(2,3)4;1-4-5-6(2)3/h6-10H,1-5H3;6-9H,5H2,1-4H3;4-5H,1H2,2-3H3. The van der Waals surface area contributed by atoms with Crippen LogP contribution in [0.15, 0.2) is 72.4 Å². The number of aryl methyl sites for hydroxylation is 1. The van der Waals surface area contributed by atoms with E-state index in [2.05, 4.69) is 111 Å². The molecule has 0 saturated heterocycles. The number of hydrogen-bond acceptors (Lipinski definition) is 0. The highest BCUT2D eigenvalue weighted by Gasteiger charge is 2.20. The summed E-state index contributed by atoms with van der Waals surface area (Å²) in [5.41, 5.74) is 6.33. The van der Waals surface area contributed by atoms with Gasteiger partial charge in [0.2, 0.25) is 0 Å². The van der Waals surface area contributed by atoms with Crippen LogP contribution in [0.5, 0.6) is 0 Å². The van der Waals surface area contributed by atoms with Gasteiger partial charge in [0.05, 0.1) is 0 Å². The van der Waals surface area contributed by atoms with Gasteiger partial charge in [-0.3, -0.25) is 0 Å².